The highest BCUT2D eigenvalue weighted by atomic mass is 32.1. The number of rotatable bonds is 4. The number of ether oxygens (including phenoxy) is 1. The lowest BCUT2D eigenvalue weighted by molar-refractivity contribution is -0.387. The van der Waals surface area contributed by atoms with Gasteiger partial charge in [0.1, 0.15) is 11.6 Å². The fraction of sp³-hybridized carbons (Fsp3) is 0.476. The van der Waals surface area contributed by atoms with Gasteiger partial charge < -0.3 is 14.5 Å². The van der Waals surface area contributed by atoms with Crippen LogP contribution in [0.4, 0.5) is 10.5 Å². The van der Waals surface area contributed by atoms with Gasteiger partial charge in [-0.3, -0.25) is 24.6 Å². The lowest BCUT2D eigenvalue weighted by atomic mass is 10.0. The van der Waals surface area contributed by atoms with Crippen LogP contribution in [0.15, 0.2) is 29.7 Å². The van der Waals surface area contributed by atoms with E-state index in [0.29, 0.717) is 0 Å². The van der Waals surface area contributed by atoms with Gasteiger partial charge in [0.15, 0.2) is 0 Å². The first-order valence-electron chi connectivity index (χ1n) is 9.89. The second-order valence-electron chi connectivity index (χ2n) is 8.61. The van der Waals surface area contributed by atoms with Crippen molar-refractivity contribution in [3.8, 4) is 0 Å². The molecule has 1 aliphatic rings. The van der Waals surface area contributed by atoms with Crippen molar-refractivity contribution in [3.05, 3.63) is 40.5 Å². The normalized spacial score (nSPS) is 16.4. The summed E-state index contributed by atoms with van der Waals surface area (Å²) in [6, 6.07) is 3.25. The minimum atomic E-state index is -0.931. The Morgan fingerprint density at radius 1 is 1.25 bits per heavy atom. The van der Waals surface area contributed by atoms with Gasteiger partial charge in [-0.15, -0.1) is 12.6 Å². The first-order valence-corrected chi connectivity index (χ1v) is 10.3. The number of benzene rings is 1. The number of hydrogen-bond donors (Lipinski definition) is 1. The van der Waals surface area contributed by atoms with Crippen LogP contribution in [-0.4, -0.2) is 82.9 Å². The van der Waals surface area contributed by atoms with Crippen LogP contribution < -0.4 is 0 Å². The van der Waals surface area contributed by atoms with Crippen molar-refractivity contribution in [2.24, 2.45) is 0 Å². The van der Waals surface area contributed by atoms with Gasteiger partial charge in [0.25, 0.3) is 11.6 Å². The standard InChI is InChI=1S/C21H28N4O6S/c1-13(14-7-8-17(32)15(11-14)25(29)30)18(26)23-9-10-24(20(28)31-21(2,3)4)16(12-23)19(27)22(5)6/h7-8,11,16,32H,1,9-10,12H2,2-6H3. The van der Waals surface area contributed by atoms with Gasteiger partial charge in [-0.25, -0.2) is 4.79 Å². The predicted molar refractivity (Wildman–Crippen MR) is 121 cm³/mol. The molecular weight excluding hydrogens is 436 g/mol. The Morgan fingerprint density at radius 2 is 1.88 bits per heavy atom. The van der Waals surface area contributed by atoms with Gasteiger partial charge in [-0.2, -0.15) is 0 Å². The van der Waals surface area contributed by atoms with Crippen molar-refractivity contribution in [2.45, 2.75) is 37.3 Å². The molecule has 3 amide bonds. The molecule has 1 aromatic rings. The Balaban J connectivity index is 2.26. The molecule has 1 heterocycles. The molecule has 1 saturated heterocycles. The van der Waals surface area contributed by atoms with Crippen molar-refractivity contribution in [3.63, 3.8) is 0 Å². The Morgan fingerprint density at radius 3 is 2.41 bits per heavy atom. The van der Waals surface area contributed by atoms with E-state index in [1.54, 1.807) is 34.9 Å². The lowest BCUT2D eigenvalue weighted by Gasteiger charge is -2.41. The summed E-state index contributed by atoms with van der Waals surface area (Å²) >= 11 is 4.06. The van der Waals surface area contributed by atoms with E-state index >= 15 is 0 Å². The Kier molecular flexibility index (Phi) is 7.55. The van der Waals surface area contributed by atoms with Crippen LogP contribution in [0.2, 0.25) is 0 Å². The fourth-order valence-electron chi connectivity index (χ4n) is 3.19. The first kappa shape index (κ1) is 25.2. The van der Waals surface area contributed by atoms with Crippen LogP contribution in [-0.2, 0) is 14.3 Å². The molecule has 32 heavy (non-hydrogen) atoms. The Bertz CT molecular complexity index is 956. The summed E-state index contributed by atoms with van der Waals surface area (Å²) in [6.07, 6.45) is -0.636. The predicted octanol–water partition coefficient (Wildman–Crippen LogP) is 2.43. The molecule has 1 fully saturated rings. The molecule has 0 aromatic heterocycles. The molecule has 0 saturated carbocycles. The Hall–Kier alpha value is -3.08. The van der Waals surface area contributed by atoms with Gasteiger partial charge in [-0.05, 0) is 32.4 Å². The summed E-state index contributed by atoms with van der Waals surface area (Å²) in [4.78, 5) is 53.4. The zero-order valence-electron chi connectivity index (χ0n) is 18.8. The third-order valence-electron chi connectivity index (χ3n) is 4.80. The highest BCUT2D eigenvalue weighted by molar-refractivity contribution is 7.80. The second-order valence-corrected chi connectivity index (χ2v) is 9.09. The van der Waals surface area contributed by atoms with Crippen molar-refractivity contribution in [1.82, 2.24) is 14.7 Å². The van der Waals surface area contributed by atoms with E-state index < -0.39 is 28.6 Å². The molecule has 2 rings (SSSR count). The highest BCUT2D eigenvalue weighted by Crippen LogP contribution is 2.28. The molecule has 0 aliphatic carbocycles. The van der Waals surface area contributed by atoms with Gasteiger partial charge in [0.05, 0.1) is 16.4 Å². The summed E-state index contributed by atoms with van der Waals surface area (Å²) in [5.74, 6) is -0.833. The first-order chi connectivity index (χ1) is 14.7. The molecule has 174 valence electrons. The van der Waals surface area contributed by atoms with Gasteiger partial charge in [-0.1, -0.05) is 12.6 Å². The molecule has 1 aliphatic heterocycles. The van der Waals surface area contributed by atoms with Crippen molar-refractivity contribution in [1.29, 1.82) is 0 Å². The number of nitro benzene ring substituents is 1. The maximum atomic E-state index is 13.1. The summed E-state index contributed by atoms with van der Waals surface area (Å²) in [7, 11) is 3.13. The summed E-state index contributed by atoms with van der Waals surface area (Å²) in [6.45, 7) is 9.18. The van der Waals surface area contributed by atoms with Crippen LogP contribution in [0.3, 0.4) is 0 Å². The van der Waals surface area contributed by atoms with E-state index in [4.69, 9.17) is 4.74 Å². The molecule has 11 heteroatoms. The average molecular weight is 465 g/mol. The van der Waals surface area contributed by atoms with E-state index in [2.05, 4.69) is 19.2 Å². The van der Waals surface area contributed by atoms with E-state index in [9.17, 15) is 24.5 Å². The average Bonchev–Trinajstić information content (AvgIpc) is 2.70. The van der Waals surface area contributed by atoms with Crippen LogP contribution >= 0.6 is 12.6 Å². The molecule has 0 bridgehead atoms. The summed E-state index contributed by atoms with van der Waals surface area (Å²) in [5.41, 5.74) is -0.652. The molecular formula is C21H28N4O6S. The zero-order valence-corrected chi connectivity index (χ0v) is 19.7. The van der Waals surface area contributed by atoms with E-state index in [0.717, 1.165) is 0 Å². The van der Waals surface area contributed by atoms with Crippen molar-refractivity contribution in [2.75, 3.05) is 33.7 Å². The quantitative estimate of drug-likeness (QED) is 0.317. The molecule has 0 radical (unpaired) electrons. The van der Waals surface area contributed by atoms with Crippen molar-refractivity contribution >= 4 is 41.8 Å². The molecule has 1 atom stereocenters. The van der Waals surface area contributed by atoms with Gasteiger partial charge in [0, 0.05) is 38.8 Å². The maximum absolute atomic E-state index is 13.1. The van der Waals surface area contributed by atoms with Gasteiger partial charge in [0.2, 0.25) is 5.91 Å². The molecule has 0 N–H and O–H groups in total. The largest absolute Gasteiger partial charge is 0.444 e. The molecule has 1 aromatic carbocycles. The van der Waals surface area contributed by atoms with Crippen LogP contribution in [0, 0.1) is 10.1 Å². The maximum Gasteiger partial charge on any atom is 0.411 e. The van der Waals surface area contributed by atoms with Crippen LogP contribution in [0.1, 0.15) is 26.3 Å². The van der Waals surface area contributed by atoms with E-state index in [1.807, 2.05) is 0 Å². The number of likely N-dealkylation sites (N-methyl/N-ethyl adjacent to an activating group) is 1. The third kappa shape index (κ3) is 5.78. The highest BCUT2D eigenvalue weighted by Gasteiger charge is 2.40. The lowest BCUT2D eigenvalue weighted by Crippen LogP contribution is -2.61. The zero-order chi connectivity index (χ0) is 24.4. The Labute approximate surface area is 192 Å². The van der Waals surface area contributed by atoms with E-state index in [1.165, 1.54) is 32.9 Å². The number of amides is 3. The molecule has 10 nitrogen and oxygen atoms in total. The summed E-state index contributed by atoms with van der Waals surface area (Å²) in [5, 5.41) is 11.2. The molecule has 0 spiro atoms. The second kappa shape index (κ2) is 9.60. The number of hydrogen-bond acceptors (Lipinski definition) is 7. The number of nitrogens with zero attached hydrogens (tertiary/aromatic N) is 4. The fourth-order valence-corrected chi connectivity index (χ4v) is 3.41. The van der Waals surface area contributed by atoms with Crippen molar-refractivity contribution < 1.29 is 24.0 Å². The number of thiol groups is 1. The molecule has 1 unspecified atom stereocenters. The monoisotopic (exact) mass is 464 g/mol. The topological polar surface area (TPSA) is 113 Å². The number of piperazine rings is 1. The number of nitro groups is 1. The SMILES string of the molecule is C=C(C(=O)N1CCN(C(=O)OC(C)(C)C)C(C(=O)N(C)C)C1)c1ccc(S)c([N+](=O)[O-])c1. The van der Waals surface area contributed by atoms with Crippen LogP contribution in [0.5, 0.6) is 0 Å². The third-order valence-corrected chi connectivity index (χ3v) is 5.18. The number of carbonyl (C=O) groups excluding carboxylic acids is 3. The van der Waals surface area contributed by atoms with E-state index in [-0.39, 0.29) is 47.3 Å². The minimum Gasteiger partial charge on any atom is -0.444 e. The summed E-state index contributed by atoms with van der Waals surface area (Å²) < 4.78 is 5.42. The van der Waals surface area contributed by atoms with Crippen LogP contribution in [0.25, 0.3) is 5.57 Å². The van der Waals surface area contributed by atoms with Gasteiger partial charge >= 0.3 is 6.09 Å². The number of carbonyl (C=O) groups is 3. The smallest absolute Gasteiger partial charge is 0.411 e. The minimum absolute atomic E-state index is 0.0446.